The summed E-state index contributed by atoms with van der Waals surface area (Å²) in [6.07, 6.45) is 0. The highest BCUT2D eigenvalue weighted by Gasteiger charge is 2.12. The Balaban J connectivity index is 1.90. The Kier molecular flexibility index (Phi) is 4.33. The largest absolute Gasteiger partial charge is 0.331 e. The summed E-state index contributed by atoms with van der Waals surface area (Å²) in [5, 5.41) is 16.1. The maximum atomic E-state index is 11.7. The van der Waals surface area contributed by atoms with Crippen molar-refractivity contribution in [2.45, 2.75) is 33.2 Å². The molecule has 0 aliphatic rings. The van der Waals surface area contributed by atoms with Crippen molar-refractivity contribution in [2.24, 2.45) is 7.05 Å². The molecule has 0 bridgehead atoms. The molecule has 2 heterocycles. The SMILES string of the molecule is Cc1csc(NC(=O)NCc2nnc(C(C)C)n2C)n1. The van der Waals surface area contributed by atoms with E-state index in [0.29, 0.717) is 17.6 Å². The second-order valence-corrected chi connectivity index (χ2v) is 5.65. The first kappa shape index (κ1) is 14.4. The summed E-state index contributed by atoms with van der Waals surface area (Å²) < 4.78 is 1.90. The predicted octanol–water partition coefficient (Wildman–Crippen LogP) is 2.03. The number of nitrogens with one attached hydrogen (secondary N) is 2. The Morgan fingerprint density at radius 2 is 2.20 bits per heavy atom. The quantitative estimate of drug-likeness (QED) is 0.903. The Morgan fingerprint density at radius 1 is 1.45 bits per heavy atom. The van der Waals surface area contributed by atoms with Gasteiger partial charge in [0.1, 0.15) is 5.82 Å². The van der Waals surface area contributed by atoms with Gasteiger partial charge in [-0.05, 0) is 6.92 Å². The van der Waals surface area contributed by atoms with Crippen LogP contribution in [-0.4, -0.2) is 25.8 Å². The smallest absolute Gasteiger partial charge is 0.321 e. The average Bonchev–Trinajstić information content (AvgIpc) is 2.93. The van der Waals surface area contributed by atoms with Crippen LogP contribution in [0, 0.1) is 6.92 Å². The van der Waals surface area contributed by atoms with Crippen LogP contribution in [0.15, 0.2) is 5.38 Å². The summed E-state index contributed by atoms with van der Waals surface area (Å²) in [4.78, 5) is 15.9. The second kappa shape index (κ2) is 6.00. The molecular formula is C12H18N6OS. The van der Waals surface area contributed by atoms with Crippen molar-refractivity contribution in [3.05, 3.63) is 22.7 Å². The molecule has 0 saturated heterocycles. The van der Waals surface area contributed by atoms with Crippen LogP contribution >= 0.6 is 11.3 Å². The number of thiazole rings is 1. The monoisotopic (exact) mass is 294 g/mol. The molecule has 2 aromatic rings. The van der Waals surface area contributed by atoms with Crippen LogP contribution in [0.5, 0.6) is 0 Å². The normalized spacial score (nSPS) is 10.8. The fraction of sp³-hybridized carbons (Fsp3) is 0.500. The van der Waals surface area contributed by atoms with Crippen LogP contribution in [0.1, 0.15) is 37.1 Å². The van der Waals surface area contributed by atoms with Gasteiger partial charge in [0, 0.05) is 18.3 Å². The lowest BCUT2D eigenvalue weighted by atomic mass is 10.2. The van der Waals surface area contributed by atoms with Crippen LogP contribution in [0.2, 0.25) is 0 Å². The van der Waals surface area contributed by atoms with E-state index in [4.69, 9.17) is 0 Å². The molecule has 0 unspecified atom stereocenters. The van der Waals surface area contributed by atoms with Crippen molar-refractivity contribution in [3.8, 4) is 0 Å². The maximum Gasteiger partial charge on any atom is 0.321 e. The number of aryl methyl sites for hydroxylation is 1. The van der Waals surface area contributed by atoms with E-state index < -0.39 is 0 Å². The number of nitrogens with zero attached hydrogens (tertiary/aromatic N) is 4. The van der Waals surface area contributed by atoms with Gasteiger partial charge in [0.15, 0.2) is 11.0 Å². The van der Waals surface area contributed by atoms with Crippen LogP contribution in [-0.2, 0) is 13.6 Å². The van der Waals surface area contributed by atoms with Crippen molar-refractivity contribution in [1.29, 1.82) is 0 Å². The van der Waals surface area contributed by atoms with E-state index in [1.807, 2.05) is 23.9 Å². The van der Waals surface area contributed by atoms with Gasteiger partial charge < -0.3 is 9.88 Å². The number of carbonyl (C=O) groups is 1. The molecule has 0 aromatic carbocycles. The van der Waals surface area contributed by atoms with Gasteiger partial charge in [0.25, 0.3) is 0 Å². The van der Waals surface area contributed by atoms with E-state index in [-0.39, 0.29) is 6.03 Å². The molecular weight excluding hydrogens is 276 g/mol. The van der Waals surface area contributed by atoms with Crippen molar-refractivity contribution in [2.75, 3.05) is 5.32 Å². The van der Waals surface area contributed by atoms with Crippen molar-refractivity contribution < 1.29 is 4.79 Å². The van der Waals surface area contributed by atoms with Gasteiger partial charge in [-0.1, -0.05) is 13.8 Å². The summed E-state index contributed by atoms with van der Waals surface area (Å²) in [5.41, 5.74) is 0.889. The summed E-state index contributed by atoms with van der Waals surface area (Å²) in [7, 11) is 1.90. The first-order chi connectivity index (χ1) is 9.47. The number of hydrogen-bond donors (Lipinski definition) is 2. The highest BCUT2D eigenvalue weighted by Crippen LogP contribution is 2.14. The summed E-state index contributed by atoms with van der Waals surface area (Å²) >= 11 is 1.39. The molecule has 8 heteroatoms. The lowest BCUT2D eigenvalue weighted by Gasteiger charge is -2.07. The van der Waals surface area contributed by atoms with E-state index in [2.05, 4.69) is 39.7 Å². The van der Waals surface area contributed by atoms with Crippen LogP contribution in [0.3, 0.4) is 0 Å². The zero-order valence-corrected chi connectivity index (χ0v) is 12.8. The van der Waals surface area contributed by atoms with Crippen molar-refractivity contribution >= 4 is 22.5 Å². The first-order valence-electron chi connectivity index (χ1n) is 6.32. The van der Waals surface area contributed by atoms with Gasteiger partial charge in [-0.3, -0.25) is 5.32 Å². The van der Waals surface area contributed by atoms with Crippen LogP contribution in [0.25, 0.3) is 0 Å². The zero-order chi connectivity index (χ0) is 14.7. The highest BCUT2D eigenvalue weighted by molar-refractivity contribution is 7.13. The highest BCUT2D eigenvalue weighted by atomic mass is 32.1. The van der Waals surface area contributed by atoms with E-state index in [1.165, 1.54) is 11.3 Å². The Morgan fingerprint density at radius 3 is 2.75 bits per heavy atom. The van der Waals surface area contributed by atoms with Crippen LogP contribution < -0.4 is 10.6 Å². The van der Waals surface area contributed by atoms with E-state index in [1.54, 1.807) is 0 Å². The van der Waals surface area contributed by atoms with Gasteiger partial charge in [0.2, 0.25) is 0 Å². The van der Waals surface area contributed by atoms with Crippen molar-refractivity contribution in [3.63, 3.8) is 0 Å². The third kappa shape index (κ3) is 3.32. The fourth-order valence-corrected chi connectivity index (χ4v) is 2.43. The lowest BCUT2D eigenvalue weighted by molar-refractivity contribution is 0.251. The molecule has 0 fully saturated rings. The summed E-state index contributed by atoms with van der Waals surface area (Å²) in [6.45, 7) is 6.32. The minimum Gasteiger partial charge on any atom is -0.331 e. The topological polar surface area (TPSA) is 84.7 Å². The molecule has 0 radical (unpaired) electrons. The van der Waals surface area contributed by atoms with E-state index >= 15 is 0 Å². The molecule has 7 nitrogen and oxygen atoms in total. The van der Waals surface area contributed by atoms with Gasteiger partial charge in [-0.2, -0.15) is 0 Å². The third-order valence-corrected chi connectivity index (χ3v) is 3.64. The van der Waals surface area contributed by atoms with E-state index in [0.717, 1.165) is 17.3 Å². The van der Waals surface area contributed by atoms with Gasteiger partial charge >= 0.3 is 6.03 Å². The summed E-state index contributed by atoms with van der Waals surface area (Å²) in [5.74, 6) is 1.92. The Bertz CT molecular complexity index is 603. The number of amides is 2. The molecule has 0 aliphatic carbocycles. The predicted molar refractivity (Wildman–Crippen MR) is 77.8 cm³/mol. The maximum absolute atomic E-state index is 11.7. The van der Waals surface area contributed by atoms with Gasteiger partial charge in [-0.25, -0.2) is 9.78 Å². The van der Waals surface area contributed by atoms with E-state index in [9.17, 15) is 4.79 Å². The molecule has 0 aliphatic heterocycles. The van der Waals surface area contributed by atoms with Gasteiger partial charge in [-0.15, -0.1) is 21.5 Å². The Hall–Kier alpha value is -1.96. The first-order valence-corrected chi connectivity index (χ1v) is 7.20. The third-order valence-electron chi connectivity index (χ3n) is 2.76. The molecule has 2 rings (SSSR count). The molecule has 2 amide bonds. The number of anilines is 1. The number of carbonyl (C=O) groups excluding carboxylic acids is 1. The second-order valence-electron chi connectivity index (χ2n) is 4.79. The number of rotatable bonds is 4. The number of urea groups is 1. The molecule has 108 valence electrons. The van der Waals surface area contributed by atoms with Gasteiger partial charge in [0.05, 0.1) is 12.2 Å². The summed E-state index contributed by atoms with van der Waals surface area (Å²) in [6, 6.07) is -0.298. The molecule has 0 saturated carbocycles. The standard InChI is InChI=1S/C12H18N6OS/c1-7(2)10-17-16-9(18(10)4)5-13-11(19)15-12-14-8(3)6-20-12/h6-7H,5H2,1-4H3,(H2,13,14,15,19). The zero-order valence-electron chi connectivity index (χ0n) is 12.0. The Labute approximate surface area is 121 Å². The molecule has 2 aromatic heterocycles. The lowest BCUT2D eigenvalue weighted by Crippen LogP contribution is -2.29. The number of aromatic nitrogens is 4. The fourth-order valence-electron chi connectivity index (χ4n) is 1.74. The molecule has 0 spiro atoms. The minimum absolute atomic E-state index is 0.298. The molecule has 0 atom stereocenters. The molecule has 2 N–H and O–H groups in total. The number of hydrogen-bond acceptors (Lipinski definition) is 5. The molecule has 20 heavy (non-hydrogen) atoms. The van der Waals surface area contributed by atoms with Crippen molar-refractivity contribution in [1.82, 2.24) is 25.1 Å². The van der Waals surface area contributed by atoms with Crippen LogP contribution in [0.4, 0.5) is 9.93 Å². The minimum atomic E-state index is -0.298. The average molecular weight is 294 g/mol.